The van der Waals surface area contributed by atoms with E-state index in [1.807, 2.05) is 24.3 Å². The van der Waals surface area contributed by atoms with Gasteiger partial charge < -0.3 is 24.9 Å². The molecule has 0 saturated carbocycles. The number of aromatic nitrogens is 1. The predicted octanol–water partition coefficient (Wildman–Crippen LogP) is 0.691. The van der Waals surface area contributed by atoms with E-state index in [9.17, 15) is 14.7 Å². The molecule has 1 amide bonds. The van der Waals surface area contributed by atoms with Gasteiger partial charge in [0, 0.05) is 12.7 Å². The van der Waals surface area contributed by atoms with Gasteiger partial charge in [0.2, 0.25) is 0 Å². The van der Waals surface area contributed by atoms with E-state index < -0.39 is 17.6 Å². The minimum absolute atomic E-state index is 0.00357. The molecule has 128 valence electrons. The third kappa shape index (κ3) is 5.22. The largest absolute Gasteiger partial charge is 0.497 e. The Bertz CT molecular complexity index is 711. The molecule has 0 aliphatic carbocycles. The van der Waals surface area contributed by atoms with Crippen LogP contribution in [-0.4, -0.2) is 42.4 Å². The monoisotopic (exact) mass is 332 g/mol. The molecule has 0 aliphatic rings. The highest BCUT2D eigenvalue weighted by atomic mass is 16.5. The number of aliphatic hydroxyl groups excluding tert-OH is 1. The molecule has 1 aromatic heterocycles. The smallest absolute Gasteiger partial charge is 0.260 e. The van der Waals surface area contributed by atoms with E-state index in [1.54, 1.807) is 13.2 Å². The maximum absolute atomic E-state index is 11.8. The van der Waals surface area contributed by atoms with Gasteiger partial charge in [-0.05, 0) is 29.8 Å². The Morgan fingerprint density at radius 3 is 2.71 bits per heavy atom. The molecule has 7 heteroatoms. The van der Waals surface area contributed by atoms with Gasteiger partial charge in [-0.2, -0.15) is 0 Å². The lowest BCUT2D eigenvalue weighted by atomic mass is 10.2. The average molecular weight is 332 g/mol. The van der Waals surface area contributed by atoms with Crippen molar-refractivity contribution in [2.75, 3.05) is 20.3 Å². The Hall–Kier alpha value is -2.64. The lowest BCUT2D eigenvalue weighted by Gasteiger charge is -2.12. The van der Waals surface area contributed by atoms with Crippen molar-refractivity contribution in [2.24, 2.45) is 0 Å². The Balaban J connectivity index is 1.71. The summed E-state index contributed by atoms with van der Waals surface area (Å²) in [6, 6.07) is 10.4. The number of nitrogens with one attached hydrogen (secondary N) is 2. The molecule has 24 heavy (non-hydrogen) atoms. The maximum atomic E-state index is 11.8. The summed E-state index contributed by atoms with van der Waals surface area (Å²) >= 11 is 0. The maximum Gasteiger partial charge on any atom is 0.260 e. The number of carbonyl (C=O) groups excluding carboxylic acids is 1. The molecule has 1 atom stereocenters. The zero-order valence-corrected chi connectivity index (χ0v) is 13.3. The molecule has 1 aromatic carbocycles. The van der Waals surface area contributed by atoms with Gasteiger partial charge in [0.25, 0.3) is 11.5 Å². The second kappa shape index (κ2) is 8.85. The van der Waals surface area contributed by atoms with Gasteiger partial charge in [-0.25, -0.2) is 0 Å². The molecule has 2 aromatic rings. The van der Waals surface area contributed by atoms with Gasteiger partial charge in [-0.3, -0.25) is 9.59 Å². The van der Waals surface area contributed by atoms with Crippen molar-refractivity contribution in [2.45, 2.75) is 12.7 Å². The number of rotatable bonds is 8. The van der Waals surface area contributed by atoms with Crippen LogP contribution in [0.15, 0.2) is 47.4 Å². The Kier molecular flexibility index (Phi) is 6.53. The molecule has 1 heterocycles. The number of H-pyrrole nitrogens is 1. The first-order chi connectivity index (χ1) is 11.6. The summed E-state index contributed by atoms with van der Waals surface area (Å²) in [5.74, 6) is 0.225. The Morgan fingerprint density at radius 1 is 1.29 bits per heavy atom. The van der Waals surface area contributed by atoms with E-state index >= 15 is 0 Å². The fraction of sp³-hybridized carbons (Fsp3) is 0.294. The minimum Gasteiger partial charge on any atom is -0.497 e. The lowest BCUT2D eigenvalue weighted by Crippen LogP contribution is -2.36. The summed E-state index contributed by atoms with van der Waals surface area (Å²) in [4.78, 5) is 25.7. The minimum atomic E-state index is -0.866. The van der Waals surface area contributed by atoms with Crippen molar-refractivity contribution in [3.05, 3.63) is 64.1 Å². The average Bonchev–Trinajstić information content (AvgIpc) is 2.60. The van der Waals surface area contributed by atoms with Crippen LogP contribution in [0, 0.1) is 0 Å². The number of pyridine rings is 1. The third-order valence-electron chi connectivity index (χ3n) is 3.30. The molecule has 0 radical (unpaired) electrons. The van der Waals surface area contributed by atoms with Gasteiger partial charge in [-0.15, -0.1) is 0 Å². The molecule has 0 saturated heterocycles. The van der Waals surface area contributed by atoms with Crippen LogP contribution < -0.4 is 15.6 Å². The summed E-state index contributed by atoms with van der Waals surface area (Å²) in [5.41, 5.74) is 0.479. The van der Waals surface area contributed by atoms with E-state index in [1.165, 1.54) is 12.3 Å². The first kappa shape index (κ1) is 17.7. The summed E-state index contributed by atoms with van der Waals surface area (Å²) in [6.07, 6.45) is 0.580. The van der Waals surface area contributed by atoms with Gasteiger partial charge in [0.1, 0.15) is 11.3 Å². The van der Waals surface area contributed by atoms with Gasteiger partial charge in [0.05, 0.1) is 26.4 Å². The zero-order valence-electron chi connectivity index (χ0n) is 13.3. The van der Waals surface area contributed by atoms with Crippen molar-refractivity contribution >= 4 is 5.91 Å². The highest BCUT2D eigenvalue weighted by molar-refractivity contribution is 5.93. The van der Waals surface area contributed by atoms with Crippen LogP contribution in [0.4, 0.5) is 0 Å². The number of hydrogen-bond acceptors (Lipinski definition) is 5. The van der Waals surface area contributed by atoms with Crippen LogP contribution in [0.3, 0.4) is 0 Å². The molecule has 0 unspecified atom stereocenters. The van der Waals surface area contributed by atoms with Crippen molar-refractivity contribution in [3.63, 3.8) is 0 Å². The van der Waals surface area contributed by atoms with E-state index in [-0.39, 0.29) is 18.7 Å². The number of aromatic amines is 1. The van der Waals surface area contributed by atoms with Crippen LogP contribution in [-0.2, 0) is 11.3 Å². The summed E-state index contributed by atoms with van der Waals surface area (Å²) in [5, 5.41) is 12.3. The fourth-order valence-corrected chi connectivity index (χ4v) is 2.00. The summed E-state index contributed by atoms with van der Waals surface area (Å²) < 4.78 is 10.5. The molecule has 7 nitrogen and oxygen atoms in total. The highest BCUT2D eigenvalue weighted by Crippen LogP contribution is 2.11. The summed E-state index contributed by atoms with van der Waals surface area (Å²) in [7, 11) is 1.60. The van der Waals surface area contributed by atoms with E-state index in [4.69, 9.17) is 9.47 Å². The quantitative estimate of drug-likeness (QED) is 0.660. The van der Waals surface area contributed by atoms with E-state index in [2.05, 4.69) is 10.3 Å². The molecule has 0 aliphatic heterocycles. The Labute approximate surface area is 139 Å². The van der Waals surface area contributed by atoms with Crippen LogP contribution in [0.25, 0.3) is 0 Å². The van der Waals surface area contributed by atoms with Crippen molar-refractivity contribution in [1.29, 1.82) is 0 Å². The SMILES string of the molecule is COc1ccc(COC[C@@H](O)CNC(=O)c2ccc[nH]c2=O)cc1. The molecular weight excluding hydrogens is 312 g/mol. The molecule has 2 rings (SSSR count). The van der Waals surface area contributed by atoms with Crippen molar-refractivity contribution < 1.29 is 19.4 Å². The van der Waals surface area contributed by atoms with Gasteiger partial charge in [0.15, 0.2) is 0 Å². The summed E-state index contributed by atoms with van der Waals surface area (Å²) in [6.45, 7) is 0.403. The van der Waals surface area contributed by atoms with Crippen LogP contribution in [0.5, 0.6) is 5.75 Å². The number of hydrogen-bond donors (Lipinski definition) is 3. The number of methoxy groups -OCH3 is 1. The number of ether oxygens (including phenoxy) is 2. The normalized spacial score (nSPS) is 11.8. The number of amides is 1. The zero-order chi connectivity index (χ0) is 17.4. The first-order valence-corrected chi connectivity index (χ1v) is 7.45. The molecular formula is C17H20N2O5. The Morgan fingerprint density at radius 2 is 2.04 bits per heavy atom. The van der Waals surface area contributed by atoms with Gasteiger partial charge >= 0.3 is 0 Å². The van der Waals surface area contributed by atoms with E-state index in [0.717, 1.165) is 11.3 Å². The topological polar surface area (TPSA) is 101 Å². The van der Waals surface area contributed by atoms with Gasteiger partial charge in [-0.1, -0.05) is 12.1 Å². The molecule has 0 bridgehead atoms. The van der Waals surface area contributed by atoms with Crippen LogP contribution >= 0.6 is 0 Å². The predicted molar refractivity (Wildman–Crippen MR) is 88.1 cm³/mol. The van der Waals surface area contributed by atoms with Crippen molar-refractivity contribution in [3.8, 4) is 5.75 Å². The van der Waals surface area contributed by atoms with E-state index in [0.29, 0.717) is 6.61 Å². The number of aliphatic hydroxyl groups is 1. The second-order valence-electron chi connectivity index (χ2n) is 5.14. The fourth-order valence-electron chi connectivity index (χ4n) is 2.00. The van der Waals surface area contributed by atoms with Crippen LogP contribution in [0.2, 0.25) is 0 Å². The third-order valence-corrected chi connectivity index (χ3v) is 3.30. The van der Waals surface area contributed by atoms with Crippen LogP contribution in [0.1, 0.15) is 15.9 Å². The first-order valence-electron chi connectivity index (χ1n) is 7.45. The second-order valence-corrected chi connectivity index (χ2v) is 5.14. The lowest BCUT2D eigenvalue weighted by molar-refractivity contribution is 0.0285. The molecule has 0 spiro atoms. The highest BCUT2D eigenvalue weighted by Gasteiger charge is 2.11. The molecule has 0 fully saturated rings. The standard InChI is InChI=1S/C17H20N2O5/c1-23-14-6-4-12(5-7-14)10-24-11-13(20)9-19-17(22)15-3-2-8-18-16(15)21/h2-8,13,20H,9-11H2,1H3,(H,18,21)(H,19,22)/t13-/m0/s1. The molecule has 3 N–H and O–H groups in total. The number of carbonyl (C=O) groups is 1. The van der Waals surface area contributed by atoms with Crippen molar-refractivity contribution in [1.82, 2.24) is 10.3 Å². The number of benzene rings is 1.